The van der Waals surface area contributed by atoms with Gasteiger partial charge >= 0.3 is 0 Å². The predicted molar refractivity (Wildman–Crippen MR) is 103 cm³/mol. The van der Waals surface area contributed by atoms with Gasteiger partial charge in [0.2, 0.25) is 0 Å². The van der Waals surface area contributed by atoms with Gasteiger partial charge in [-0.05, 0) is 28.0 Å². The van der Waals surface area contributed by atoms with E-state index in [0.717, 1.165) is 22.9 Å². The first-order valence-corrected chi connectivity index (χ1v) is 8.59. The second-order valence-corrected chi connectivity index (χ2v) is 6.26. The summed E-state index contributed by atoms with van der Waals surface area (Å²) in [6.45, 7) is 1.30. The van der Waals surface area contributed by atoms with E-state index in [4.69, 9.17) is 0 Å². The van der Waals surface area contributed by atoms with E-state index < -0.39 is 0 Å². The summed E-state index contributed by atoms with van der Waals surface area (Å²) < 4.78 is 2.03. The molecule has 4 nitrogen and oxygen atoms in total. The van der Waals surface area contributed by atoms with Gasteiger partial charge in [0.1, 0.15) is 0 Å². The maximum absolute atomic E-state index is 12.6. The Hall–Kier alpha value is -3.40. The molecule has 1 amide bonds. The smallest absolute Gasteiger partial charge is 0.252 e. The van der Waals surface area contributed by atoms with E-state index in [1.54, 1.807) is 12.5 Å². The van der Waals surface area contributed by atoms with E-state index in [2.05, 4.69) is 34.6 Å². The summed E-state index contributed by atoms with van der Waals surface area (Å²) in [4.78, 5) is 16.6. The molecule has 0 aliphatic rings. The minimum Gasteiger partial charge on any atom is -0.348 e. The molecule has 0 spiro atoms. The van der Waals surface area contributed by atoms with Gasteiger partial charge in [-0.3, -0.25) is 4.79 Å². The summed E-state index contributed by atoms with van der Waals surface area (Å²) >= 11 is 0. The minimum absolute atomic E-state index is 0.0516. The van der Waals surface area contributed by atoms with Gasteiger partial charge in [0.15, 0.2) is 0 Å². The van der Waals surface area contributed by atoms with Crippen LogP contribution in [0.25, 0.3) is 10.8 Å². The molecule has 0 saturated carbocycles. The van der Waals surface area contributed by atoms with E-state index in [0.29, 0.717) is 12.1 Å². The fourth-order valence-corrected chi connectivity index (χ4v) is 3.05. The van der Waals surface area contributed by atoms with E-state index in [1.165, 1.54) is 5.56 Å². The van der Waals surface area contributed by atoms with Gasteiger partial charge in [0, 0.05) is 31.0 Å². The summed E-state index contributed by atoms with van der Waals surface area (Å²) in [6, 6.07) is 22.0. The molecular weight excluding hydrogens is 322 g/mol. The molecule has 0 aliphatic heterocycles. The number of amides is 1. The fraction of sp³-hybridized carbons (Fsp3) is 0.0909. The lowest BCUT2D eigenvalue weighted by Gasteiger charge is -2.09. The van der Waals surface area contributed by atoms with Crippen molar-refractivity contribution in [3.63, 3.8) is 0 Å². The Bertz CT molecular complexity index is 1020. The first kappa shape index (κ1) is 16.1. The number of aromatic nitrogens is 2. The minimum atomic E-state index is -0.0516. The number of rotatable bonds is 5. The van der Waals surface area contributed by atoms with Crippen molar-refractivity contribution >= 4 is 16.7 Å². The van der Waals surface area contributed by atoms with Crippen molar-refractivity contribution in [1.29, 1.82) is 0 Å². The van der Waals surface area contributed by atoms with Crippen molar-refractivity contribution in [1.82, 2.24) is 14.9 Å². The first-order valence-electron chi connectivity index (χ1n) is 8.59. The standard InChI is InChI=1S/C22H19N3O/c26-22(21-7-3-5-19-4-1-2-6-20(19)21)24-14-17-8-10-18(11-9-17)15-25-13-12-23-16-25/h1-13,16H,14-15H2,(H,24,26). The molecule has 0 aliphatic carbocycles. The van der Waals surface area contributed by atoms with Gasteiger partial charge in [-0.1, -0.05) is 60.7 Å². The van der Waals surface area contributed by atoms with E-state index in [9.17, 15) is 4.79 Å². The molecule has 0 radical (unpaired) electrons. The van der Waals surface area contributed by atoms with Crippen LogP contribution in [-0.4, -0.2) is 15.5 Å². The van der Waals surface area contributed by atoms with Crippen molar-refractivity contribution in [3.05, 3.63) is 102 Å². The quantitative estimate of drug-likeness (QED) is 0.596. The highest BCUT2D eigenvalue weighted by Gasteiger charge is 2.09. The number of fused-ring (bicyclic) bond motifs is 1. The van der Waals surface area contributed by atoms with Crippen LogP contribution < -0.4 is 5.32 Å². The van der Waals surface area contributed by atoms with Gasteiger partial charge in [-0.25, -0.2) is 4.98 Å². The largest absolute Gasteiger partial charge is 0.348 e. The summed E-state index contributed by atoms with van der Waals surface area (Å²) in [5.41, 5.74) is 2.99. The summed E-state index contributed by atoms with van der Waals surface area (Å²) in [5.74, 6) is -0.0516. The van der Waals surface area contributed by atoms with Gasteiger partial charge in [-0.15, -0.1) is 0 Å². The maximum atomic E-state index is 12.6. The van der Waals surface area contributed by atoms with Crippen LogP contribution in [0.2, 0.25) is 0 Å². The Morgan fingerprint density at radius 1 is 0.923 bits per heavy atom. The highest BCUT2D eigenvalue weighted by molar-refractivity contribution is 6.06. The molecule has 0 saturated heterocycles. The number of hydrogen-bond donors (Lipinski definition) is 1. The van der Waals surface area contributed by atoms with Crippen LogP contribution in [0, 0.1) is 0 Å². The Morgan fingerprint density at radius 3 is 2.50 bits per heavy atom. The van der Waals surface area contributed by atoms with Crippen LogP contribution in [-0.2, 0) is 13.1 Å². The molecule has 0 unspecified atom stereocenters. The Labute approximate surface area is 152 Å². The number of hydrogen-bond acceptors (Lipinski definition) is 2. The Balaban J connectivity index is 1.42. The number of carbonyl (C=O) groups is 1. The Morgan fingerprint density at radius 2 is 1.69 bits per heavy atom. The third-order valence-corrected chi connectivity index (χ3v) is 4.43. The van der Waals surface area contributed by atoms with Crippen molar-refractivity contribution < 1.29 is 4.79 Å². The predicted octanol–water partition coefficient (Wildman–Crippen LogP) is 4.01. The second-order valence-electron chi connectivity index (χ2n) is 6.26. The van der Waals surface area contributed by atoms with Crippen LogP contribution in [0.4, 0.5) is 0 Å². The normalized spacial score (nSPS) is 10.8. The topological polar surface area (TPSA) is 46.9 Å². The molecule has 1 N–H and O–H groups in total. The van der Waals surface area contributed by atoms with Crippen LogP contribution >= 0.6 is 0 Å². The van der Waals surface area contributed by atoms with Crippen molar-refractivity contribution in [2.75, 3.05) is 0 Å². The first-order chi connectivity index (χ1) is 12.8. The lowest BCUT2D eigenvalue weighted by molar-refractivity contribution is 0.0952. The monoisotopic (exact) mass is 341 g/mol. The number of nitrogens with one attached hydrogen (secondary N) is 1. The van der Waals surface area contributed by atoms with Crippen LogP contribution in [0.5, 0.6) is 0 Å². The molecule has 4 aromatic rings. The third-order valence-electron chi connectivity index (χ3n) is 4.43. The zero-order valence-electron chi connectivity index (χ0n) is 14.3. The molecule has 4 heteroatoms. The molecule has 3 aromatic carbocycles. The van der Waals surface area contributed by atoms with Crippen molar-refractivity contribution in [3.8, 4) is 0 Å². The average molecular weight is 341 g/mol. The molecule has 128 valence electrons. The number of nitrogens with zero attached hydrogens (tertiary/aromatic N) is 2. The van der Waals surface area contributed by atoms with E-state index >= 15 is 0 Å². The molecule has 1 heterocycles. The van der Waals surface area contributed by atoms with Gasteiger partial charge < -0.3 is 9.88 Å². The van der Waals surface area contributed by atoms with Gasteiger partial charge in [0.25, 0.3) is 5.91 Å². The molecule has 4 rings (SSSR count). The van der Waals surface area contributed by atoms with Crippen LogP contribution in [0.3, 0.4) is 0 Å². The van der Waals surface area contributed by atoms with E-state index in [-0.39, 0.29) is 5.91 Å². The zero-order chi connectivity index (χ0) is 17.8. The molecule has 0 bridgehead atoms. The fourth-order valence-electron chi connectivity index (χ4n) is 3.05. The summed E-state index contributed by atoms with van der Waals surface area (Å²) in [5, 5.41) is 5.07. The molecular formula is C22H19N3O. The van der Waals surface area contributed by atoms with Gasteiger partial charge in [-0.2, -0.15) is 0 Å². The number of benzene rings is 3. The summed E-state index contributed by atoms with van der Waals surface area (Å²) in [7, 11) is 0. The number of imidazole rings is 1. The average Bonchev–Trinajstić information content (AvgIpc) is 3.20. The second kappa shape index (κ2) is 7.23. The molecule has 26 heavy (non-hydrogen) atoms. The summed E-state index contributed by atoms with van der Waals surface area (Å²) in [6.07, 6.45) is 5.52. The molecule has 1 aromatic heterocycles. The third kappa shape index (κ3) is 3.49. The highest BCUT2D eigenvalue weighted by Crippen LogP contribution is 2.18. The van der Waals surface area contributed by atoms with Crippen molar-refractivity contribution in [2.24, 2.45) is 0 Å². The van der Waals surface area contributed by atoms with Gasteiger partial charge in [0.05, 0.1) is 6.33 Å². The number of carbonyl (C=O) groups excluding carboxylic acids is 1. The Kier molecular flexibility index (Phi) is 4.48. The lowest BCUT2D eigenvalue weighted by atomic mass is 10.0. The SMILES string of the molecule is O=C(NCc1ccc(Cn2ccnc2)cc1)c1cccc2ccccc12. The highest BCUT2D eigenvalue weighted by atomic mass is 16.1. The van der Waals surface area contributed by atoms with E-state index in [1.807, 2.05) is 53.2 Å². The molecule has 0 fully saturated rings. The van der Waals surface area contributed by atoms with Crippen molar-refractivity contribution in [2.45, 2.75) is 13.1 Å². The molecule has 0 atom stereocenters. The van der Waals surface area contributed by atoms with Crippen LogP contribution in [0.1, 0.15) is 21.5 Å². The zero-order valence-corrected chi connectivity index (χ0v) is 14.3. The van der Waals surface area contributed by atoms with Crippen LogP contribution in [0.15, 0.2) is 85.5 Å². The lowest BCUT2D eigenvalue weighted by Crippen LogP contribution is -2.23. The maximum Gasteiger partial charge on any atom is 0.252 e.